The predicted octanol–water partition coefficient (Wildman–Crippen LogP) is 3.41. The van der Waals surface area contributed by atoms with Gasteiger partial charge >= 0.3 is 0 Å². The van der Waals surface area contributed by atoms with E-state index in [0.717, 1.165) is 29.9 Å². The molecule has 9 nitrogen and oxygen atoms in total. The van der Waals surface area contributed by atoms with Crippen LogP contribution in [0.15, 0.2) is 54.1 Å². The SMILES string of the molecule is C=CC(=O)N1CCN(c2ccc([C@H](C)Nc3ncc4ccc(=O)n([C@@H](C)C(C)C)c4n3)cn2)CC1. The molecule has 35 heavy (non-hydrogen) atoms. The second kappa shape index (κ2) is 10.2. The molecule has 1 fully saturated rings. The van der Waals surface area contributed by atoms with Crippen LogP contribution in [-0.4, -0.2) is 56.5 Å². The van der Waals surface area contributed by atoms with Crippen molar-refractivity contribution in [2.45, 2.75) is 39.8 Å². The number of pyridine rings is 2. The molecule has 0 aliphatic carbocycles. The van der Waals surface area contributed by atoms with Gasteiger partial charge in [-0.1, -0.05) is 26.5 Å². The average molecular weight is 476 g/mol. The Bertz CT molecular complexity index is 1260. The van der Waals surface area contributed by atoms with Crippen molar-refractivity contribution in [1.29, 1.82) is 0 Å². The largest absolute Gasteiger partial charge is 0.353 e. The molecule has 9 heteroatoms. The van der Waals surface area contributed by atoms with Gasteiger partial charge in [0.1, 0.15) is 11.5 Å². The zero-order valence-electron chi connectivity index (χ0n) is 20.8. The highest BCUT2D eigenvalue weighted by atomic mass is 16.2. The minimum absolute atomic E-state index is 0.0138. The van der Waals surface area contributed by atoms with Crippen LogP contribution >= 0.6 is 0 Å². The average Bonchev–Trinajstić information content (AvgIpc) is 2.88. The monoisotopic (exact) mass is 475 g/mol. The Morgan fingerprint density at radius 1 is 1.03 bits per heavy atom. The summed E-state index contributed by atoms with van der Waals surface area (Å²) in [5.74, 6) is 1.62. The highest BCUT2D eigenvalue weighted by molar-refractivity contribution is 5.87. The molecule has 2 atom stereocenters. The fourth-order valence-corrected chi connectivity index (χ4v) is 4.20. The van der Waals surface area contributed by atoms with Crippen LogP contribution in [-0.2, 0) is 4.79 Å². The summed E-state index contributed by atoms with van der Waals surface area (Å²) in [5.41, 5.74) is 1.57. The van der Waals surface area contributed by atoms with Crippen molar-refractivity contribution < 1.29 is 4.79 Å². The van der Waals surface area contributed by atoms with Gasteiger partial charge in [-0.3, -0.25) is 14.2 Å². The second-order valence-electron chi connectivity index (χ2n) is 9.33. The van der Waals surface area contributed by atoms with Crippen LogP contribution in [0, 0.1) is 5.92 Å². The fourth-order valence-electron chi connectivity index (χ4n) is 4.20. The summed E-state index contributed by atoms with van der Waals surface area (Å²) in [7, 11) is 0. The van der Waals surface area contributed by atoms with Gasteiger partial charge in [-0.05, 0) is 43.5 Å². The van der Waals surface area contributed by atoms with E-state index in [2.05, 4.69) is 40.6 Å². The second-order valence-corrected chi connectivity index (χ2v) is 9.33. The molecule has 1 saturated heterocycles. The quantitative estimate of drug-likeness (QED) is 0.523. The van der Waals surface area contributed by atoms with Crippen molar-refractivity contribution in [3.63, 3.8) is 0 Å². The molecule has 1 amide bonds. The van der Waals surface area contributed by atoms with Gasteiger partial charge in [0, 0.05) is 56.1 Å². The Morgan fingerprint density at radius 2 is 1.77 bits per heavy atom. The van der Waals surface area contributed by atoms with Crippen molar-refractivity contribution >= 4 is 28.7 Å². The minimum Gasteiger partial charge on any atom is -0.353 e. The molecule has 0 spiro atoms. The minimum atomic E-state index is -0.0810. The van der Waals surface area contributed by atoms with Crippen molar-refractivity contribution in [3.8, 4) is 0 Å². The number of nitrogens with one attached hydrogen (secondary N) is 1. The molecule has 1 aliphatic rings. The van der Waals surface area contributed by atoms with Crippen LogP contribution in [0.4, 0.5) is 11.8 Å². The van der Waals surface area contributed by atoms with Gasteiger partial charge in [0.25, 0.3) is 5.56 Å². The van der Waals surface area contributed by atoms with E-state index in [0.29, 0.717) is 30.6 Å². The van der Waals surface area contributed by atoms with Crippen LogP contribution in [0.3, 0.4) is 0 Å². The summed E-state index contributed by atoms with van der Waals surface area (Å²) in [5, 5.41) is 4.17. The molecule has 3 aromatic rings. The van der Waals surface area contributed by atoms with E-state index in [1.165, 1.54) is 6.08 Å². The van der Waals surface area contributed by atoms with Gasteiger partial charge in [0.2, 0.25) is 11.9 Å². The number of carbonyl (C=O) groups is 1. The highest BCUT2D eigenvalue weighted by Crippen LogP contribution is 2.23. The number of piperazine rings is 1. The molecule has 4 rings (SSSR count). The van der Waals surface area contributed by atoms with Crippen LogP contribution in [0.2, 0.25) is 0 Å². The molecule has 0 aromatic carbocycles. The summed E-state index contributed by atoms with van der Waals surface area (Å²) in [6, 6.07) is 7.32. The number of aromatic nitrogens is 4. The first kappa shape index (κ1) is 24.4. The van der Waals surface area contributed by atoms with Crippen molar-refractivity contribution in [1.82, 2.24) is 24.4 Å². The van der Waals surface area contributed by atoms with E-state index in [4.69, 9.17) is 4.98 Å². The van der Waals surface area contributed by atoms with Gasteiger partial charge in [-0.15, -0.1) is 0 Å². The topological polar surface area (TPSA) is 96.2 Å². The standard InChI is InChI=1S/C26H33N7O2/c1-6-23(34)32-13-11-31(12-14-32)22-9-7-20(15-27-22)18(4)29-26-28-16-21-8-10-24(35)33(25(21)30-26)19(5)17(2)3/h6-10,15-19H,1,11-14H2,2-5H3,(H,28,29,30)/t18-,19-/m0/s1. The summed E-state index contributed by atoms with van der Waals surface area (Å²) >= 11 is 0. The zero-order valence-corrected chi connectivity index (χ0v) is 20.8. The van der Waals surface area contributed by atoms with Crippen molar-refractivity contribution in [2.75, 3.05) is 36.4 Å². The molecule has 0 unspecified atom stereocenters. The normalized spacial score (nSPS) is 15.8. The molecule has 4 heterocycles. The molecular formula is C26H33N7O2. The Balaban J connectivity index is 1.48. The molecule has 0 saturated carbocycles. The molecule has 0 radical (unpaired) electrons. The van der Waals surface area contributed by atoms with E-state index in [1.54, 1.807) is 27.8 Å². The Hall–Kier alpha value is -3.75. The number of rotatable bonds is 7. The van der Waals surface area contributed by atoms with Gasteiger partial charge < -0.3 is 15.1 Å². The number of amides is 1. The van der Waals surface area contributed by atoms with E-state index < -0.39 is 0 Å². The van der Waals surface area contributed by atoms with Gasteiger partial charge in [-0.2, -0.15) is 4.98 Å². The summed E-state index contributed by atoms with van der Waals surface area (Å²) in [6.45, 7) is 14.6. The Morgan fingerprint density at radius 3 is 2.40 bits per heavy atom. The lowest BCUT2D eigenvalue weighted by Gasteiger charge is -2.35. The highest BCUT2D eigenvalue weighted by Gasteiger charge is 2.21. The Kier molecular flexibility index (Phi) is 7.14. The number of nitrogens with zero attached hydrogens (tertiary/aromatic N) is 6. The maximum absolute atomic E-state index is 12.6. The summed E-state index contributed by atoms with van der Waals surface area (Å²) in [4.78, 5) is 42.2. The first-order valence-electron chi connectivity index (χ1n) is 12.1. The summed E-state index contributed by atoms with van der Waals surface area (Å²) < 4.78 is 1.75. The van der Waals surface area contributed by atoms with Crippen LogP contribution in [0.5, 0.6) is 0 Å². The van der Waals surface area contributed by atoms with Gasteiger partial charge in [0.05, 0.1) is 6.04 Å². The number of fused-ring (bicyclic) bond motifs is 1. The van der Waals surface area contributed by atoms with Crippen molar-refractivity contribution in [2.24, 2.45) is 5.92 Å². The van der Waals surface area contributed by atoms with E-state index >= 15 is 0 Å². The fraction of sp³-hybridized carbons (Fsp3) is 0.423. The zero-order chi connectivity index (χ0) is 25.1. The maximum atomic E-state index is 12.6. The number of hydrogen-bond acceptors (Lipinski definition) is 7. The molecular weight excluding hydrogens is 442 g/mol. The lowest BCUT2D eigenvalue weighted by molar-refractivity contribution is -0.126. The lowest BCUT2D eigenvalue weighted by Crippen LogP contribution is -2.48. The summed E-state index contributed by atoms with van der Waals surface area (Å²) in [6.07, 6.45) is 4.96. The molecule has 184 valence electrons. The predicted molar refractivity (Wildman–Crippen MR) is 139 cm³/mol. The van der Waals surface area contributed by atoms with Crippen LogP contribution in [0.25, 0.3) is 11.0 Å². The van der Waals surface area contributed by atoms with Gasteiger partial charge in [-0.25, -0.2) is 9.97 Å². The lowest BCUT2D eigenvalue weighted by atomic mass is 10.1. The van der Waals surface area contributed by atoms with E-state index in [9.17, 15) is 9.59 Å². The molecule has 3 aromatic heterocycles. The molecule has 0 bridgehead atoms. The Labute approximate surface area is 205 Å². The third kappa shape index (κ3) is 5.18. The van der Waals surface area contributed by atoms with Crippen LogP contribution in [0.1, 0.15) is 45.3 Å². The third-order valence-corrected chi connectivity index (χ3v) is 6.75. The van der Waals surface area contributed by atoms with Crippen molar-refractivity contribution in [3.05, 3.63) is 65.2 Å². The van der Waals surface area contributed by atoms with Gasteiger partial charge in [0.15, 0.2) is 0 Å². The van der Waals surface area contributed by atoms with E-state index in [1.807, 2.05) is 32.2 Å². The number of anilines is 2. The molecule has 1 aliphatic heterocycles. The molecule has 1 N–H and O–H groups in total. The first-order valence-corrected chi connectivity index (χ1v) is 12.1. The smallest absolute Gasteiger partial charge is 0.252 e. The number of carbonyl (C=O) groups excluding carboxylic acids is 1. The third-order valence-electron chi connectivity index (χ3n) is 6.75. The first-order chi connectivity index (χ1) is 16.8. The van der Waals surface area contributed by atoms with Crippen LogP contribution < -0.4 is 15.8 Å². The maximum Gasteiger partial charge on any atom is 0.252 e. The number of hydrogen-bond donors (Lipinski definition) is 1. The van der Waals surface area contributed by atoms with E-state index in [-0.39, 0.29) is 23.6 Å².